The fourth-order valence-electron chi connectivity index (χ4n) is 4.57. The van der Waals surface area contributed by atoms with Crippen molar-refractivity contribution in [2.75, 3.05) is 45.9 Å². The van der Waals surface area contributed by atoms with E-state index in [1.807, 2.05) is 0 Å². The molecule has 5 heterocycles. The van der Waals surface area contributed by atoms with E-state index in [-0.39, 0.29) is 17.1 Å². The van der Waals surface area contributed by atoms with Gasteiger partial charge in [-0.1, -0.05) is 0 Å². The van der Waals surface area contributed by atoms with Gasteiger partial charge in [0.2, 0.25) is 0 Å². The molecule has 2 spiro atoms. The first-order valence-corrected chi connectivity index (χ1v) is 8.87. The average molecular weight is 379 g/mol. The van der Waals surface area contributed by atoms with E-state index in [0.717, 1.165) is 25.4 Å². The number of alkyl carbamates (subject to hydrolysis) is 1. The van der Waals surface area contributed by atoms with Gasteiger partial charge in [0.15, 0.2) is 0 Å². The molecular weight excluding hydrogens is 360 g/mol. The van der Waals surface area contributed by atoms with E-state index >= 15 is 0 Å². The molecule has 0 radical (unpaired) electrons. The van der Waals surface area contributed by atoms with Crippen molar-refractivity contribution >= 4 is 12.1 Å². The van der Waals surface area contributed by atoms with Crippen LogP contribution in [-0.2, 0) is 11.3 Å². The van der Waals surface area contributed by atoms with E-state index < -0.39 is 23.3 Å². The third-order valence-electron chi connectivity index (χ3n) is 5.80. The number of hydrogen-bond donors (Lipinski definition) is 1. The monoisotopic (exact) mass is 379 g/mol. The van der Waals surface area contributed by atoms with Gasteiger partial charge in [-0.2, -0.15) is 0 Å². The van der Waals surface area contributed by atoms with Crippen LogP contribution in [0.25, 0.3) is 0 Å². The van der Waals surface area contributed by atoms with Gasteiger partial charge in [0.1, 0.15) is 23.8 Å². The normalized spacial score (nSPS) is 24.9. The number of rotatable bonds is 2. The number of nitrogens with zero attached hydrogens (tertiary/aromatic N) is 4. The van der Waals surface area contributed by atoms with Gasteiger partial charge in [-0.25, -0.2) is 18.4 Å². The molecular formula is C17H19F2N5O3. The lowest BCUT2D eigenvalue weighted by molar-refractivity contribution is -0.107. The number of nitrogens with one attached hydrogen (secondary N) is 1. The van der Waals surface area contributed by atoms with Crippen LogP contribution in [0.5, 0.6) is 0 Å². The van der Waals surface area contributed by atoms with Gasteiger partial charge in [-0.3, -0.25) is 9.88 Å². The highest BCUT2D eigenvalue weighted by Gasteiger charge is 2.57. The SMILES string of the molecule is O=C1NC2(CO1)CN(C(=O)N1CC3(CN(Cc4ncc(F)cc4F)C3)C1)C2. The molecule has 4 fully saturated rings. The van der Waals surface area contributed by atoms with Gasteiger partial charge in [-0.15, -0.1) is 0 Å². The molecule has 5 rings (SSSR count). The second kappa shape index (κ2) is 5.51. The molecule has 4 aliphatic rings. The highest BCUT2D eigenvalue weighted by atomic mass is 19.1. The number of carbonyl (C=O) groups excluding carboxylic acids is 2. The molecule has 0 bridgehead atoms. The summed E-state index contributed by atoms with van der Waals surface area (Å²) in [5.41, 5.74) is -0.0981. The van der Waals surface area contributed by atoms with Crippen LogP contribution in [0.2, 0.25) is 0 Å². The van der Waals surface area contributed by atoms with Crippen LogP contribution >= 0.6 is 0 Å². The number of carbonyl (C=O) groups is 2. The van der Waals surface area contributed by atoms with Crippen molar-refractivity contribution in [3.05, 3.63) is 29.6 Å². The zero-order valence-corrected chi connectivity index (χ0v) is 14.6. The number of pyridine rings is 1. The molecule has 27 heavy (non-hydrogen) atoms. The third-order valence-corrected chi connectivity index (χ3v) is 5.80. The van der Waals surface area contributed by atoms with Crippen LogP contribution < -0.4 is 5.32 Å². The van der Waals surface area contributed by atoms with Crippen LogP contribution in [0.1, 0.15) is 5.69 Å². The molecule has 8 nitrogen and oxygen atoms in total. The second-order valence-corrected chi connectivity index (χ2v) is 8.20. The van der Waals surface area contributed by atoms with E-state index in [9.17, 15) is 18.4 Å². The first-order chi connectivity index (χ1) is 12.9. The van der Waals surface area contributed by atoms with Gasteiger partial charge in [0.25, 0.3) is 0 Å². The molecule has 1 aromatic heterocycles. The van der Waals surface area contributed by atoms with Crippen LogP contribution in [-0.4, -0.2) is 83.2 Å². The topological polar surface area (TPSA) is 78.0 Å². The van der Waals surface area contributed by atoms with E-state index in [0.29, 0.717) is 39.3 Å². The smallest absolute Gasteiger partial charge is 0.407 e. The number of urea groups is 1. The van der Waals surface area contributed by atoms with E-state index in [1.165, 1.54) is 0 Å². The standard InChI is InChI=1S/C17H19F2N5O3/c18-11-1-12(19)13(20-2-11)3-22-4-16(5-22)6-23(7-16)15(26)24-8-17(9-24)10-27-14(25)21-17/h1-2H,3-10H2,(H,21,25). The molecule has 0 aromatic carbocycles. The van der Waals surface area contributed by atoms with Crippen LogP contribution in [0.3, 0.4) is 0 Å². The maximum absolute atomic E-state index is 13.7. The summed E-state index contributed by atoms with van der Waals surface area (Å²) in [7, 11) is 0. The van der Waals surface area contributed by atoms with Crippen molar-refractivity contribution in [2.45, 2.75) is 12.1 Å². The fourth-order valence-corrected chi connectivity index (χ4v) is 4.57. The number of halogens is 2. The molecule has 0 atom stereocenters. The molecule has 1 N–H and O–H groups in total. The first kappa shape index (κ1) is 16.7. The summed E-state index contributed by atoms with van der Waals surface area (Å²) in [5.74, 6) is -1.31. The summed E-state index contributed by atoms with van der Waals surface area (Å²) in [6, 6.07) is 0.830. The Bertz CT molecular complexity index is 815. The number of amides is 3. The summed E-state index contributed by atoms with van der Waals surface area (Å²) in [6.45, 7) is 4.48. The second-order valence-electron chi connectivity index (χ2n) is 8.20. The van der Waals surface area contributed by atoms with Gasteiger partial charge in [-0.05, 0) is 0 Å². The van der Waals surface area contributed by atoms with E-state index in [1.54, 1.807) is 9.80 Å². The molecule has 144 valence electrons. The van der Waals surface area contributed by atoms with Crippen molar-refractivity contribution in [3.8, 4) is 0 Å². The lowest BCUT2D eigenvalue weighted by atomic mass is 9.73. The number of aromatic nitrogens is 1. The molecule has 3 amide bonds. The zero-order chi connectivity index (χ0) is 18.8. The van der Waals surface area contributed by atoms with Gasteiger partial charge >= 0.3 is 12.1 Å². The van der Waals surface area contributed by atoms with Crippen molar-refractivity contribution in [1.82, 2.24) is 25.0 Å². The Morgan fingerprint density at radius 2 is 1.89 bits per heavy atom. The minimum Gasteiger partial charge on any atom is -0.447 e. The van der Waals surface area contributed by atoms with E-state index in [4.69, 9.17) is 4.74 Å². The molecule has 4 saturated heterocycles. The van der Waals surface area contributed by atoms with Gasteiger partial charge < -0.3 is 19.9 Å². The highest BCUT2D eigenvalue weighted by molar-refractivity contribution is 5.79. The number of likely N-dealkylation sites (tertiary alicyclic amines) is 3. The van der Waals surface area contributed by atoms with Crippen LogP contribution in [0.4, 0.5) is 18.4 Å². The van der Waals surface area contributed by atoms with E-state index in [2.05, 4.69) is 15.2 Å². The van der Waals surface area contributed by atoms with Crippen molar-refractivity contribution in [3.63, 3.8) is 0 Å². The lowest BCUT2D eigenvalue weighted by Gasteiger charge is -2.61. The Morgan fingerprint density at radius 3 is 2.52 bits per heavy atom. The summed E-state index contributed by atoms with van der Waals surface area (Å²) in [4.78, 5) is 33.0. The molecule has 0 saturated carbocycles. The largest absolute Gasteiger partial charge is 0.447 e. The Morgan fingerprint density at radius 1 is 1.19 bits per heavy atom. The Kier molecular flexibility index (Phi) is 3.40. The summed E-state index contributed by atoms with van der Waals surface area (Å²) >= 11 is 0. The summed E-state index contributed by atoms with van der Waals surface area (Å²) < 4.78 is 31.5. The zero-order valence-electron chi connectivity index (χ0n) is 14.6. The lowest BCUT2D eigenvalue weighted by Crippen LogP contribution is -2.77. The number of hydrogen-bond acceptors (Lipinski definition) is 5. The molecule has 0 unspecified atom stereocenters. The summed E-state index contributed by atoms with van der Waals surface area (Å²) in [5, 5.41) is 2.76. The predicted octanol–water partition coefficient (Wildman–Crippen LogP) is 0.392. The van der Waals surface area contributed by atoms with Crippen LogP contribution in [0, 0.1) is 17.0 Å². The number of cyclic esters (lactones) is 1. The Hall–Kier alpha value is -2.49. The molecule has 0 aliphatic carbocycles. The molecule has 4 aliphatic heterocycles. The van der Waals surface area contributed by atoms with Gasteiger partial charge in [0, 0.05) is 44.2 Å². The highest BCUT2D eigenvalue weighted by Crippen LogP contribution is 2.41. The first-order valence-electron chi connectivity index (χ1n) is 8.87. The quantitative estimate of drug-likeness (QED) is 0.805. The van der Waals surface area contributed by atoms with Crippen LogP contribution in [0.15, 0.2) is 12.3 Å². The minimum absolute atomic E-state index is 0.0166. The van der Waals surface area contributed by atoms with Gasteiger partial charge in [0.05, 0.1) is 25.0 Å². The molecule has 10 heteroatoms. The fraction of sp³-hybridized carbons (Fsp3) is 0.588. The summed E-state index contributed by atoms with van der Waals surface area (Å²) in [6.07, 6.45) is 0.599. The number of ether oxygens (including phenoxy) is 1. The maximum atomic E-state index is 13.7. The molecule has 1 aromatic rings. The van der Waals surface area contributed by atoms with Crippen molar-refractivity contribution in [1.29, 1.82) is 0 Å². The average Bonchev–Trinajstić information content (AvgIpc) is 2.90. The minimum atomic E-state index is -0.680. The predicted molar refractivity (Wildman–Crippen MR) is 87.6 cm³/mol. The Labute approximate surface area is 154 Å². The Balaban J connectivity index is 1.08. The third kappa shape index (κ3) is 2.70. The van der Waals surface area contributed by atoms with Crippen molar-refractivity contribution < 1.29 is 23.1 Å². The van der Waals surface area contributed by atoms with Crippen molar-refractivity contribution in [2.24, 2.45) is 5.41 Å². The maximum Gasteiger partial charge on any atom is 0.407 e.